The second-order valence-electron chi connectivity index (χ2n) is 1.51. The third-order valence-electron chi connectivity index (χ3n) is 0.709. The lowest BCUT2D eigenvalue weighted by molar-refractivity contribution is -0.297. The van der Waals surface area contributed by atoms with Crippen LogP contribution in [0, 0.1) is 0 Å². The number of allylic oxidation sites excluding steroid dienone is 1. The van der Waals surface area contributed by atoms with E-state index >= 15 is 0 Å². The fraction of sp³-hybridized carbons (Fsp3) is 0.500. The Morgan fingerprint density at radius 2 is 2.38 bits per heavy atom. The molecule has 2 nitrogen and oxygen atoms in total. The van der Waals surface area contributed by atoms with Gasteiger partial charge in [0, 0.05) is 0 Å². The number of hydrogen-bond acceptors (Lipinski definition) is 2. The maximum Gasteiger partial charge on any atom is 0.0639 e. The molecule has 0 heterocycles. The van der Waals surface area contributed by atoms with Crippen LogP contribution in [-0.2, 0) is 4.79 Å². The molecule has 0 aromatic heterocycles. The molecular formula is C6H9O2-. The molecule has 46 valence electrons. The highest BCUT2D eigenvalue weighted by Crippen LogP contribution is 1.86. The summed E-state index contributed by atoms with van der Waals surface area (Å²) in [4.78, 5) is 9.68. The molecule has 0 atom stereocenters. The van der Waals surface area contributed by atoms with Crippen molar-refractivity contribution < 1.29 is 9.90 Å². The van der Waals surface area contributed by atoms with E-state index in [-0.39, 0.29) is 0 Å². The normalized spacial score (nSPS) is 10.1. The van der Waals surface area contributed by atoms with E-state index in [2.05, 4.69) is 0 Å². The Morgan fingerprint density at radius 3 is 2.75 bits per heavy atom. The molecule has 2 heteroatoms. The maximum atomic E-state index is 9.68. The van der Waals surface area contributed by atoms with Gasteiger partial charge in [0.15, 0.2) is 0 Å². The first-order chi connectivity index (χ1) is 3.77. The smallest absolute Gasteiger partial charge is 0.0639 e. The highest BCUT2D eigenvalue weighted by Gasteiger charge is 1.71. The summed E-state index contributed by atoms with van der Waals surface area (Å²) >= 11 is 0. The van der Waals surface area contributed by atoms with E-state index in [0.717, 1.165) is 18.9 Å². The monoisotopic (exact) mass is 113 g/mol. The Bertz CT molecular complexity index is 94.7. The number of hydrogen-bond donors (Lipinski definition) is 0. The van der Waals surface area contributed by atoms with Gasteiger partial charge in [0.25, 0.3) is 0 Å². The predicted molar refractivity (Wildman–Crippen MR) is 29.1 cm³/mol. The second-order valence-corrected chi connectivity index (χ2v) is 1.51. The molecule has 0 amide bonds. The van der Waals surface area contributed by atoms with Crippen molar-refractivity contribution in [3.63, 3.8) is 0 Å². The third kappa shape index (κ3) is 5.21. The number of carbonyl (C=O) groups excluding carboxylic acids is 1. The first kappa shape index (κ1) is 7.21. The van der Waals surface area contributed by atoms with Crippen molar-refractivity contribution in [1.82, 2.24) is 0 Å². The van der Waals surface area contributed by atoms with Gasteiger partial charge in [-0.2, -0.15) is 0 Å². The summed E-state index contributed by atoms with van der Waals surface area (Å²) in [6, 6.07) is 0. The highest BCUT2D eigenvalue weighted by atomic mass is 16.4. The van der Waals surface area contributed by atoms with Gasteiger partial charge in [0.05, 0.1) is 5.97 Å². The average molecular weight is 113 g/mol. The number of carbonyl (C=O) groups is 1. The van der Waals surface area contributed by atoms with Crippen molar-refractivity contribution >= 4 is 5.97 Å². The van der Waals surface area contributed by atoms with E-state index in [1.165, 1.54) is 0 Å². The van der Waals surface area contributed by atoms with Crippen LogP contribution >= 0.6 is 0 Å². The summed E-state index contributed by atoms with van der Waals surface area (Å²) in [5.41, 5.74) is 0. The van der Waals surface area contributed by atoms with Gasteiger partial charge < -0.3 is 9.90 Å². The van der Waals surface area contributed by atoms with Crippen LogP contribution < -0.4 is 5.11 Å². The molecule has 0 fully saturated rings. The SMILES string of the molecule is CCC/C=C/C(=O)[O-]. The van der Waals surface area contributed by atoms with Crippen LogP contribution in [0.25, 0.3) is 0 Å². The van der Waals surface area contributed by atoms with Crippen LogP contribution in [0.15, 0.2) is 12.2 Å². The van der Waals surface area contributed by atoms with E-state index in [4.69, 9.17) is 0 Å². The van der Waals surface area contributed by atoms with Gasteiger partial charge in [0.1, 0.15) is 0 Å². The lowest BCUT2D eigenvalue weighted by Crippen LogP contribution is -2.18. The lowest BCUT2D eigenvalue weighted by atomic mass is 10.3. The minimum atomic E-state index is -1.11. The van der Waals surface area contributed by atoms with Crippen LogP contribution in [0.1, 0.15) is 19.8 Å². The molecule has 0 aromatic carbocycles. The zero-order valence-corrected chi connectivity index (χ0v) is 4.89. The number of unbranched alkanes of at least 4 members (excludes halogenated alkanes) is 1. The van der Waals surface area contributed by atoms with Gasteiger partial charge in [-0.3, -0.25) is 0 Å². The maximum absolute atomic E-state index is 9.68. The summed E-state index contributed by atoms with van der Waals surface area (Å²) < 4.78 is 0. The Balaban J connectivity index is 3.20. The van der Waals surface area contributed by atoms with Crippen molar-refractivity contribution in [3.8, 4) is 0 Å². The molecule has 0 aromatic rings. The standard InChI is InChI=1S/C6H10O2/c1-2-3-4-5-6(7)8/h4-5H,2-3H2,1H3,(H,7,8)/p-1/b5-4+. The first-order valence-corrected chi connectivity index (χ1v) is 2.65. The van der Waals surface area contributed by atoms with Gasteiger partial charge in [0.2, 0.25) is 0 Å². The summed E-state index contributed by atoms with van der Waals surface area (Å²) in [6.45, 7) is 1.99. The van der Waals surface area contributed by atoms with E-state index in [0.29, 0.717) is 0 Å². The van der Waals surface area contributed by atoms with Crippen molar-refractivity contribution in [2.75, 3.05) is 0 Å². The van der Waals surface area contributed by atoms with Gasteiger partial charge in [-0.25, -0.2) is 0 Å². The summed E-state index contributed by atoms with van der Waals surface area (Å²) in [5, 5.41) is 9.68. The Hall–Kier alpha value is -0.790. The van der Waals surface area contributed by atoms with Crippen molar-refractivity contribution in [3.05, 3.63) is 12.2 Å². The van der Waals surface area contributed by atoms with E-state index in [1.807, 2.05) is 6.92 Å². The third-order valence-corrected chi connectivity index (χ3v) is 0.709. The zero-order valence-electron chi connectivity index (χ0n) is 4.89. The van der Waals surface area contributed by atoms with Crippen LogP contribution in [0.3, 0.4) is 0 Å². The van der Waals surface area contributed by atoms with Crippen molar-refractivity contribution in [1.29, 1.82) is 0 Å². The molecule has 0 bridgehead atoms. The topological polar surface area (TPSA) is 40.1 Å². The molecule has 0 aliphatic carbocycles. The highest BCUT2D eigenvalue weighted by molar-refractivity contribution is 5.77. The first-order valence-electron chi connectivity index (χ1n) is 2.65. The summed E-state index contributed by atoms with van der Waals surface area (Å²) in [6.07, 6.45) is 4.44. The largest absolute Gasteiger partial charge is 0.545 e. The fourth-order valence-electron chi connectivity index (χ4n) is 0.346. The van der Waals surface area contributed by atoms with Gasteiger partial charge in [-0.05, 0) is 12.5 Å². The zero-order chi connectivity index (χ0) is 6.41. The van der Waals surface area contributed by atoms with Crippen LogP contribution in [0.5, 0.6) is 0 Å². The average Bonchev–Trinajstić information content (AvgIpc) is 1.66. The van der Waals surface area contributed by atoms with E-state index in [1.54, 1.807) is 6.08 Å². The fourth-order valence-corrected chi connectivity index (χ4v) is 0.346. The molecule has 0 aliphatic heterocycles. The van der Waals surface area contributed by atoms with Gasteiger partial charge in [-0.1, -0.05) is 19.4 Å². The van der Waals surface area contributed by atoms with E-state index < -0.39 is 5.97 Å². The lowest BCUT2D eigenvalue weighted by Gasteiger charge is -1.87. The quantitative estimate of drug-likeness (QED) is 0.487. The molecule has 0 radical (unpaired) electrons. The van der Waals surface area contributed by atoms with Crippen molar-refractivity contribution in [2.24, 2.45) is 0 Å². The number of carboxylic acids is 1. The molecule has 0 aliphatic rings. The second kappa shape index (κ2) is 4.37. The molecule has 0 rings (SSSR count). The van der Waals surface area contributed by atoms with E-state index in [9.17, 15) is 9.90 Å². The number of carboxylic acid groups (broad SMARTS) is 1. The molecule has 0 saturated carbocycles. The molecular weight excluding hydrogens is 104 g/mol. The minimum Gasteiger partial charge on any atom is -0.545 e. The van der Waals surface area contributed by atoms with Gasteiger partial charge >= 0.3 is 0 Å². The minimum absolute atomic E-state index is 0.813. The summed E-state index contributed by atoms with van der Waals surface area (Å²) in [7, 11) is 0. The van der Waals surface area contributed by atoms with Gasteiger partial charge in [-0.15, -0.1) is 0 Å². The molecule has 8 heavy (non-hydrogen) atoms. The molecule has 0 spiro atoms. The number of rotatable bonds is 3. The Kier molecular flexibility index (Phi) is 3.94. The predicted octanol–water partition coefficient (Wildman–Crippen LogP) is 0.0926. The van der Waals surface area contributed by atoms with Crippen LogP contribution in [-0.4, -0.2) is 5.97 Å². The number of aliphatic carboxylic acids is 1. The Morgan fingerprint density at radius 1 is 1.75 bits per heavy atom. The Labute approximate surface area is 48.8 Å². The van der Waals surface area contributed by atoms with Crippen molar-refractivity contribution in [2.45, 2.75) is 19.8 Å². The molecule has 0 unspecified atom stereocenters. The molecule has 0 N–H and O–H groups in total. The summed E-state index contributed by atoms with van der Waals surface area (Å²) in [5.74, 6) is -1.11. The van der Waals surface area contributed by atoms with Crippen LogP contribution in [0.2, 0.25) is 0 Å². The molecule has 0 saturated heterocycles. The van der Waals surface area contributed by atoms with Crippen LogP contribution in [0.4, 0.5) is 0 Å².